The van der Waals surface area contributed by atoms with Gasteiger partial charge in [0, 0.05) is 17.3 Å². The Labute approximate surface area is 173 Å². The zero-order valence-corrected chi connectivity index (χ0v) is 17.3. The number of ether oxygens (including phenoxy) is 1. The van der Waals surface area contributed by atoms with Gasteiger partial charge in [0.2, 0.25) is 5.91 Å². The number of rotatable bonds is 8. The SMILES string of the molecule is COc1cccc([C@H](C)NC(=O)CSc2nccnc2Sc2ccccc2)c1. The lowest BCUT2D eigenvalue weighted by Crippen LogP contribution is -2.28. The van der Waals surface area contributed by atoms with Crippen LogP contribution in [0, 0.1) is 0 Å². The molecule has 5 nitrogen and oxygen atoms in total. The molecule has 0 saturated heterocycles. The Bertz CT molecular complexity index is 922. The van der Waals surface area contributed by atoms with Gasteiger partial charge in [-0.3, -0.25) is 4.79 Å². The third-order valence-corrected chi connectivity index (χ3v) is 6.01. The van der Waals surface area contributed by atoms with E-state index in [1.807, 2.05) is 61.5 Å². The van der Waals surface area contributed by atoms with E-state index in [1.165, 1.54) is 11.8 Å². The van der Waals surface area contributed by atoms with Crippen LogP contribution in [0.3, 0.4) is 0 Å². The summed E-state index contributed by atoms with van der Waals surface area (Å²) < 4.78 is 5.24. The largest absolute Gasteiger partial charge is 0.497 e. The average Bonchev–Trinajstić information content (AvgIpc) is 2.74. The maximum atomic E-state index is 12.4. The van der Waals surface area contributed by atoms with Crippen LogP contribution in [-0.4, -0.2) is 28.7 Å². The smallest absolute Gasteiger partial charge is 0.230 e. The van der Waals surface area contributed by atoms with Gasteiger partial charge in [-0.15, -0.1) is 0 Å². The third kappa shape index (κ3) is 5.74. The number of hydrogen-bond acceptors (Lipinski definition) is 6. The van der Waals surface area contributed by atoms with Crippen molar-refractivity contribution in [3.63, 3.8) is 0 Å². The molecule has 0 spiro atoms. The number of methoxy groups -OCH3 is 1. The highest BCUT2D eigenvalue weighted by molar-refractivity contribution is 8.02. The lowest BCUT2D eigenvalue weighted by Gasteiger charge is -2.15. The molecule has 0 aliphatic rings. The van der Waals surface area contributed by atoms with E-state index in [4.69, 9.17) is 4.74 Å². The Morgan fingerprint density at radius 2 is 1.82 bits per heavy atom. The average molecular weight is 412 g/mol. The van der Waals surface area contributed by atoms with Gasteiger partial charge >= 0.3 is 0 Å². The summed E-state index contributed by atoms with van der Waals surface area (Å²) in [4.78, 5) is 22.3. The minimum Gasteiger partial charge on any atom is -0.497 e. The molecule has 0 radical (unpaired) electrons. The number of amides is 1. The Balaban J connectivity index is 1.58. The number of nitrogens with one attached hydrogen (secondary N) is 1. The molecule has 144 valence electrons. The molecule has 1 N–H and O–H groups in total. The minimum atomic E-state index is -0.108. The molecule has 3 rings (SSSR count). The van der Waals surface area contributed by atoms with Gasteiger partial charge in [0.1, 0.15) is 15.8 Å². The highest BCUT2D eigenvalue weighted by atomic mass is 32.2. The lowest BCUT2D eigenvalue weighted by molar-refractivity contribution is -0.119. The van der Waals surface area contributed by atoms with E-state index in [0.29, 0.717) is 0 Å². The highest BCUT2D eigenvalue weighted by Crippen LogP contribution is 2.32. The van der Waals surface area contributed by atoms with Gasteiger partial charge in [0.15, 0.2) is 0 Å². The van der Waals surface area contributed by atoms with Gasteiger partial charge in [-0.1, -0.05) is 53.9 Å². The Kier molecular flexibility index (Phi) is 7.33. The highest BCUT2D eigenvalue weighted by Gasteiger charge is 2.13. The van der Waals surface area contributed by atoms with E-state index in [0.717, 1.165) is 26.3 Å². The van der Waals surface area contributed by atoms with Crippen molar-refractivity contribution in [3.05, 3.63) is 72.6 Å². The quantitative estimate of drug-likeness (QED) is 0.546. The normalized spacial score (nSPS) is 11.6. The first-order chi connectivity index (χ1) is 13.7. The van der Waals surface area contributed by atoms with Gasteiger partial charge in [-0.25, -0.2) is 9.97 Å². The summed E-state index contributed by atoms with van der Waals surface area (Å²) in [5.41, 5.74) is 0.998. The number of nitrogens with zero attached hydrogens (tertiary/aromatic N) is 2. The lowest BCUT2D eigenvalue weighted by atomic mass is 10.1. The number of hydrogen-bond donors (Lipinski definition) is 1. The van der Waals surface area contributed by atoms with Gasteiger partial charge < -0.3 is 10.1 Å². The molecule has 3 aromatic rings. The van der Waals surface area contributed by atoms with E-state index < -0.39 is 0 Å². The van der Waals surface area contributed by atoms with Crippen molar-refractivity contribution in [2.75, 3.05) is 12.9 Å². The first-order valence-corrected chi connectivity index (χ1v) is 10.6. The van der Waals surface area contributed by atoms with E-state index in [1.54, 1.807) is 31.3 Å². The molecule has 2 aromatic carbocycles. The molecule has 0 fully saturated rings. The Morgan fingerprint density at radius 1 is 1.07 bits per heavy atom. The summed E-state index contributed by atoms with van der Waals surface area (Å²) in [6, 6.07) is 17.6. The van der Waals surface area contributed by atoms with Crippen molar-refractivity contribution < 1.29 is 9.53 Å². The number of thioether (sulfide) groups is 1. The number of carbonyl (C=O) groups is 1. The van der Waals surface area contributed by atoms with E-state index in [-0.39, 0.29) is 17.7 Å². The van der Waals surface area contributed by atoms with Crippen LogP contribution in [0.25, 0.3) is 0 Å². The Hall–Kier alpha value is -2.51. The summed E-state index contributed by atoms with van der Waals surface area (Å²) in [7, 11) is 1.63. The fourth-order valence-electron chi connectivity index (χ4n) is 2.49. The summed E-state index contributed by atoms with van der Waals surface area (Å²) >= 11 is 2.93. The monoisotopic (exact) mass is 411 g/mol. The van der Waals surface area contributed by atoms with Crippen molar-refractivity contribution in [1.29, 1.82) is 0 Å². The van der Waals surface area contributed by atoms with E-state index in [2.05, 4.69) is 15.3 Å². The van der Waals surface area contributed by atoms with Gasteiger partial charge in [-0.05, 0) is 36.8 Å². The van der Waals surface area contributed by atoms with Crippen molar-refractivity contribution in [2.24, 2.45) is 0 Å². The molecule has 1 atom stereocenters. The second-order valence-corrected chi connectivity index (χ2v) is 7.96. The standard InChI is InChI=1S/C21H21N3O2S2/c1-15(16-7-6-8-17(13-16)26-2)24-19(25)14-27-20-21(23-12-11-22-20)28-18-9-4-3-5-10-18/h3-13,15H,14H2,1-2H3,(H,24,25)/t15-/m0/s1. The Morgan fingerprint density at radius 3 is 2.57 bits per heavy atom. The van der Waals surface area contributed by atoms with Crippen LogP contribution in [0.15, 0.2) is 81.9 Å². The van der Waals surface area contributed by atoms with Crippen molar-refractivity contribution in [1.82, 2.24) is 15.3 Å². The third-order valence-electron chi connectivity index (χ3n) is 3.90. The van der Waals surface area contributed by atoms with Crippen LogP contribution < -0.4 is 10.1 Å². The maximum absolute atomic E-state index is 12.4. The zero-order valence-electron chi connectivity index (χ0n) is 15.7. The van der Waals surface area contributed by atoms with E-state index >= 15 is 0 Å². The van der Waals surface area contributed by atoms with E-state index in [9.17, 15) is 4.79 Å². The second-order valence-electron chi connectivity index (χ2n) is 5.94. The first-order valence-electron chi connectivity index (χ1n) is 8.75. The second kappa shape index (κ2) is 10.1. The van der Waals surface area contributed by atoms with Gasteiger partial charge in [0.25, 0.3) is 0 Å². The number of aromatic nitrogens is 2. The zero-order chi connectivity index (χ0) is 19.8. The minimum absolute atomic E-state index is 0.0540. The van der Waals surface area contributed by atoms with Crippen molar-refractivity contribution in [3.8, 4) is 5.75 Å². The number of benzene rings is 2. The van der Waals surface area contributed by atoms with Crippen LogP contribution in [0.4, 0.5) is 0 Å². The molecule has 0 saturated carbocycles. The van der Waals surface area contributed by atoms with Gasteiger partial charge in [-0.2, -0.15) is 0 Å². The summed E-state index contributed by atoms with van der Waals surface area (Å²) in [5, 5.41) is 4.57. The first kappa shape index (κ1) is 20.2. The molecule has 7 heteroatoms. The van der Waals surface area contributed by atoms with Crippen LogP contribution in [-0.2, 0) is 4.79 Å². The predicted molar refractivity (Wildman–Crippen MR) is 113 cm³/mol. The predicted octanol–water partition coefficient (Wildman–Crippen LogP) is 4.61. The van der Waals surface area contributed by atoms with Crippen LogP contribution in [0.5, 0.6) is 5.75 Å². The molecule has 0 bridgehead atoms. The fourth-order valence-corrected chi connectivity index (χ4v) is 4.23. The molecule has 1 amide bonds. The number of carbonyl (C=O) groups excluding carboxylic acids is 1. The molecule has 0 aliphatic carbocycles. The maximum Gasteiger partial charge on any atom is 0.230 e. The summed E-state index contributed by atoms with van der Waals surface area (Å²) in [6.07, 6.45) is 3.31. The summed E-state index contributed by atoms with van der Waals surface area (Å²) in [6.45, 7) is 1.95. The topological polar surface area (TPSA) is 64.1 Å². The van der Waals surface area contributed by atoms with Crippen LogP contribution in [0.1, 0.15) is 18.5 Å². The van der Waals surface area contributed by atoms with Gasteiger partial charge in [0.05, 0.1) is 18.9 Å². The summed E-state index contributed by atoms with van der Waals surface area (Å²) in [5.74, 6) is 0.992. The molecular weight excluding hydrogens is 390 g/mol. The van der Waals surface area contributed by atoms with Crippen molar-refractivity contribution in [2.45, 2.75) is 27.9 Å². The fraction of sp³-hybridized carbons (Fsp3) is 0.190. The molecular formula is C21H21N3O2S2. The van der Waals surface area contributed by atoms with Crippen molar-refractivity contribution >= 4 is 29.4 Å². The van der Waals surface area contributed by atoms with Crippen LogP contribution >= 0.6 is 23.5 Å². The molecule has 0 unspecified atom stereocenters. The van der Waals surface area contributed by atoms with Crippen LogP contribution in [0.2, 0.25) is 0 Å². The molecule has 28 heavy (non-hydrogen) atoms. The molecule has 0 aliphatic heterocycles. The molecule has 1 heterocycles. The molecule has 1 aromatic heterocycles.